The Labute approximate surface area is 183 Å². The topological polar surface area (TPSA) is 72.1 Å². The molecule has 0 amide bonds. The second-order valence-electron chi connectivity index (χ2n) is 6.88. The second-order valence-corrected chi connectivity index (χ2v) is 6.88. The van der Waals surface area contributed by atoms with Crippen molar-refractivity contribution in [1.29, 1.82) is 0 Å². The zero-order valence-corrected chi connectivity index (χ0v) is 19.4. The van der Waals surface area contributed by atoms with Crippen molar-refractivity contribution in [2.24, 2.45) is 4.99 Å². The maximum Gasteiger partial charge on any atom is 0.231 e. The van der Waals surface area contributed by atoms with Crippen LogP contribution in [-0.4, -0.2) is 42.9 Å². The monoisotopic (exact) mass is 500 g/mol. The maximum atomic E-state index is 5.47. The van der Waals surface area contributed by atoms with E-state index in [1.54, 1.807) is 0 Å². The van der Waals surface area contributed by atoms with Crippen molar-refractivity contribution in [2.75, 3.05) is 26.9 Å². The number of aryl methyl sites for hydroxylation is 2. The molecule has 0 saturated carbocycles. The third-order valence-corrected chi connectivity index (χ3v) is 4.65. The van der Waals surface area contributed by atoms with Crippen molar-refractivity contribution in [3.8, 4) is 11.5 Å². The summed E-state index contributed by atoms with van der Waals surface area (Å²) in [4.78, 5) is 6.94. The highest BCUT2D eigenvalue weighted by atomic mass is 127. The molecule has 0 radical (unpaired) electrons. The highest BCUT2D eigenvalue weighted by Crippen LogP contribution is 2.32. The molecule has 1 aromatic carbocycles. The summed E-state index contributed by atoms with van der Waals surface area (Å²) in [5.41, 5.74) is 3.23. The Morgan fingerprint density at radius 3 is 2.71 bits per heavy atom. The van der Waals surface area contributed by atoms with Gasteiger partial charge in [0.05, 0.1) is 5.69 Å². The predicted octanol–water partition coefficient (Wildman–Crippen LogP) is 3.84. The molecule has 2 heterocycles. The molecular formula is C20H29IN4O3. The van der Waals surface area contributed by atoms with Gasteiger partial charge < -0.3 is 24.2 Å². The molecule has 8 heteroatoms. The first kappa shape index (κ1) is 22.3. The third kappa shape index (κ3) is 5.09. The number of rotatable bonds is 6. The molecule has 3 rings (SSSR count). The number of fused-ring (bicyclic) bond motifs is 1. The Balaban J connectivity index is 0.00000280. The lowest BCUT2D eigenvalue weighted by atomic mass is 10.00. The van der Waals surface area contributed by atoms with E-state index in [0.717, 1.165) is 53.1 Å². The molecule has 0 fully saturated rings. The molecule has 28 heavy (non-hydrogen) atoms. The number of nitrogens with one attached hydrogen (secondary N) is 1. The minimum Gasteiger partial charge on any atom is -0.454 e. The number of guanidine groups is 1. The van der Waals surface area contributed by atoms with Gasteiger partial charge in [0.15, 0.2) is 17.5 Å². The minimum atomic E-state index is 0. The zero-order valence-electron chi connectivity index (χ0n) is 17.1. The number of nitrogens with zero attached hydrogens (tertiary/aromatic N) is 3. The second kappa shape index (κ2) is 9.99. The van der Waals surface area contributed by atoms with E-state index in [1.807, 2.05) is 33.0 Å². The van der Waals surface area contributed by atoms with E-state index in [2.05, 4.69) is 35.3 Å². The summed E-state index contributed by atoms with van der Waals surface area (Å²) in [5.74, 6) is 3.58. The summed E-state index contributed by atoms with van der Waals surface area (Å²) in [6, 6.07) is 6.03. The number of hydrogen-bond acceptors (Lipinski definition) is 5. The zero-order chi connectivity index (χ0) is 19.4. The Kier molecular flexibility index (Phi) is 7.97. The van der Waals surface area contributed by atoms with Crippen molar-refractivity contribution < 1.29 is 14.0 Å². The summed E-state index contributed by atoms with van der Waals surface area (Å²) in [6.45, 7) is 10.6. The Morgan fingerprint density at radius 2 is 2.04 bits per heavy atom. The summed E-state index contributed by atoms with van der Waals surface area (Å²) >= 11 is 0. The summed E-state index contributed by atoms with van der Waals surface area (Å²) in [5, 5.41) is 7.41. The highest BCUT2D eigenvalue weighted by Gasteiger charge is 2.18. The Hall–Kier alpha value is -1.97. The molecule has 1 atom stereocenters. The van der Waals surface area contributed by atoms with Crippen LogP contribution < -0.4 is 14.8 Å². The maximum absolute atomic E-state index is 5.47. The lowest BCUT2D eigenvalue weighted by Crippen LogP contribution is -2.38. The first-order valence-electron chi connectivity index (χ1n) is 9.30. The van der Waals surface area contributed by atoms with E-state index in [0.29, 0.717) is 6.54 Å². The summed E-state index contributed by atoms with van der Waals surface area (Å²) in [6.07, 6.45) is 0. The molecule has 7 nitrogen and oxygen atoms in total. The number of benzene rings is 1. The largest absolute Gasteiger partial charge is 0.454 e. The van der Waals surface area contributed by atoms with Crippen LogP contribution in [0.15, 0.2) is 27.7 Å². The highest BCUT2D eigenvalue weighted by molar-refractivity contribution is 14.0. The van der Waals surface area contributed by atoms with E-state index in [9.17, 15) is 0 Å². The van der Waals surface area contributed by atoms with Gasteiger partial charge >= 0.3 is 0 Å². The average Bonchev–Trinajstić information content (AvgIpc) is 3.24. The van der Waals surface area contributed by atoms with Crippen molar-refractivity contribution >= 4 is 29.9 Å². The first-order valence-corrected chi connectivity index (χ1v) is 9.30. The third-order valence-electron chi connectivity index (χ3n) is 4.65. The minimum absolute atomic E-state index is 0. The fraction of sp³-hybridized carbons (Fsp3) is 0.500. The van der Waals surface area contributed by atoms with Crippen molar-refractivity contribution in [2.45, 2.75) is 40.2 Å². The van der Waals surface area contributed by atoms with Crippen LogP contribution in [0, 0.1) is 13.8 Å². The SMILES string of the molecule is CCNC(=NCC(C)c1c(C)noc1C)N(C)Cc1ccc2c(c1)OCO2.I. The van der Waals surface area contributed by atoms with Crippen LogP contribution >= 0.6 is 24.0 Å². The van der Waals surface area contributed by atoms with Gasteiger partial charge in [-0.25, -0.2) is 0 Å². The predicted molar refractivity (Wildman–Crippen MR) is 120 cm³/mol. The molecular weight excluding hydrogens is 471 g/mol. The number of ether oxygens (including phenoxy) is 2. The lowest BCUT2D eigenvalue weighted by molar-refractivity contribution is 0.174. The summed E-state index contributed by atoms with van der Waals surface area (Å²) < 4.78 is 16.1. The molecule has 1 unspecified atom stereocenters. The average molecular weight is 500 g/mol. The van der Waals surface area contributed by atoms with E-state index >= 15 is 0 Å². The van der Waals surface area contributed by atoms with Crippen molar-refractivity contribution in [3.63, 3.8) is 0 Å². The van der Waals surface area contributed by atoms with Gasteiger partial charge in [-0.15, -0.1) is 24.0 Å². The molecule has 0 bridgehead atoms. The summed E-state index contributed by atoms with van der Waals surface area (Å²) in [7, 11) is 2.03. The van der Waals surface area contributed by atoms with Crippen molar-refractivity contribution in [1.82, 2.24) is 15.4 Å². The Morgan fingerprint density at radius 1 is 1.29 bits per heavy atom. The van der Waals surface area contributed by atoms with Gasteiger partial charge in [-0.2, -0.15) is 0 Å². The number of hydrogen-bond donors (Lipinski definition) is 1. The van der Waals surface area contributed by atoms with Crippen LogP contribution in [0.3, 0.4) is 0 Å². The van der Waals surface area contributed by atoms with E-state index in [-0.39, 0.29) is 36.7 Å². The molecule has 1 N–H and O–H groups in total. The molecule has 0 saturated heterocycles. The molecule has 2 aromatic rings. The standard InChI is InChI=1S/C20H28N4O3.HI/c1-6-21-20(22-10-13(2)19-14(3)23-27-15(19)4)24(5)11-16-7-8-17-18(9-16)26-12-25-17;/h7-9,13H,6,10-12H2,1-5H3,(H,21,22);1H. The van der Waals surface area contributed by atoms with E-state index in [4.69, 9.17) is 19.0 Å². The van der Waals surface area contributed by atoms with E-state index < -0.39 is 0 Å². The van der Waals surface area contributed by atoms with Gasteiger partial charge in [0.1, 0.15) is 5.76 Å². The smallest absolute Gasteiger partial charge is 0.231 e. The van der Waals surface area contributed by atoms with E-state index in [1.165, 1.54) is 0 Å². The molecule has 0 aliphatic carbocycles. The quantitative estimate of drug-likeness (QED) is 0.369. The van der Waals surface area contributed by atoms with Crippen LogP contribution in [0.4, 0.5) is 0 Å². The van der Waals surface area contributed by atoms with Crippen LogP contribution in [0.2, 0.25) is 0 Å². The van der Waals surface area contributed by atoms with Gasteiger partial charge in [0.25, 0.3) is 0 Å². The van der Waals surface area contributed by atoms with Gasteiger partial charge in [0.2, 0.25) is 6.79 Å². The van der Waals surface area contributed by atoms with Gasteiger partial charge in [0, 0.05) is 38.2 Å². The van der Waals surface area contributed by atoms with Crippen LogP contribution in [0.1, 0.15) is 42.3 Å². The fourth-order valence-corrected chi connectivity index (χ4v) is 3.37. The van der Waals surface area contributed by atoms with Gasteiger partial charge in [-0.3, -0.25) is 4.99 Å². The van der Waals surface area contributed by atoms with Gasteiger partial charge in [-0.1, -0.05) is 18.1 Å². The van der Waals surface area contributed by atoms with Crippen molar-refractivity contribution in [3.05, 3.63) is 40.8 Å². The van der Waals surface area contributed by atoms with Gasteiger partial charge in [-0.05, 0) is 38.5 Å². The fourth-order valence-electron chi connectivity index (χ4n) is 3.37. The Bertz CT molecular complexity index is 802. The van der Waals surface area contributed by atoms with Crippen LogP contribution in [0.5, 0.6) is 11.5 Å². The van der Waals surface area contributed by atoms with Crippen LogP contribution in [0.25, 0.3) is 0 Å². The number of aliphatic imine (C=N–C) groups is 1. The van der Waals surface area contributed by atoms with Crippen LogP contribution in [-0.2, 0) is 6.54 Å². The molecule has 1 aromatic heterocycles. The lowest BCUT2D eigenvalue weighted by Gasteiger charge is -2.23. The molecule has 154 valence electrons. The first-order chi connectivity index (χ1) is 13.0. The molecule has 0 spiro atoms. The normalized spacial score (nSPS) is 13.8. The molecule has 1 aliphatic heterocycles. The molecule has 1 aliphatic rings. The number of halogens is 1. The number of aromatic nitrogens is 1.